The van der Waals surface area contributed by atoms with E-state index < -0.39 is 20.6 Å². The second kappa shape index (κ2) is 7.25. The molecular formula is C2H10KNaO6P2. The van der Waals surface area contributed by atoms with Crippen LogP contribution in [0.15, 0.2) is 0 Å². The summed E-state index contributed by atoms with van der Waals surface area (Å²) in [6.07, 6.45) is 0. The zero-order chi connectivity index (χ0) is 8.58. The van der Waals surface area contributed by atoms with Gasteiger partial charge < -0.3 is 22.4 Å². The van der Waals surface area contributed by atoms with Gasteiger partial charge in [0.1, 0.15) is 0 Å². The van der Waals surface area contributed by atoms with Crippen LogP contribution in [-0.2, 0) is 9.13 Å². The van der Waals surface area contributed by atoms with Crippen LogP contribution in [0.3, 0.4) is 0 Å². The average Bonchev–Trinajstić information content (AvgIpc) is 1.59. The van der Waals surface area contributed by atoms with Gasteiger partial charge in [0.05, 0.1) is 0 Å². The van der Waals surface area contributed by atoms with Crippen molar-refractivity contribution in [2.45, 2.75) is 12.3 Å². The molecule has 12 heavy (non-hydrogen) atoms. The summed E-state index contributed by atoms with van der Waals surface area (Å²) in [5.41, 5.74) is 0. The molecule has 0 aromatic heterocycles. The zero-order valence-corrected chi connectivity index (χ0v) is 14.0. The van der Waals surface area contributed by atoms with Gasteiger partial charge in [-0.05, 0) is 6.92 Å². The molecule has 0 atom stereocenters. The van der Waals surface area contributed by atoms with Crippen LogP contribution in [0.2, 0.25) is 0 Å². The van der Waals surface area contributed by atoms with Crippen LogP contribution in [0.25, 0.3) is 0 Å². The van der Waals surface area contributed by atoms with Gasteiger partial charge in [-0.2, -0.15) is 0 Å². The molecule has 0 radical (unpaired) electrons. The normalized spacial score (nSPS) is 11.8. The van der Waals surface area contributed by atoms with E-state index in [2.05, 4.69) is 0 Å². The Bertz CT molecular complexity index is 194. The molecule has 0 bridgehead atoms. The van der Waals surface area contributed by atoms with Crippen molar-refractivity contribution in [1.82, 2.24) is 0 Å². The van der Waals surface area contributed by atoms with E-state index in [-0.39, 0.29) is 83.8 Å². The molecule has 4 N–H and O–H groups in total. The van der Waals surface area contributed by atoms with Crippen LogP contribution in [0.1, 0.15) is 9.78 Å². The van der Waals surface area contributed by atoms with Crippen molar-refractivity contribution in [3.63, 3.8) is 0 Å². The predicted octanol–water partition coefficient (Wildman–Crippen LogP) is -6.08. The van der Waals surface area contributed by atoms with E-state index in [0.29, 0.717) is 0 Å². The Morgan fingerprint density at radius 3 is 1.25 bits per heavy atom. The fourth-order valence-electron chi connectivity index (χ4n) is 0.196. The summed E-state index contributed by atoms with van der Waals surface area (Å²) in [5.74, 6) is 0. The summed E-state index contributed by atoms with van der Waals surface area (Å²) < 4.78 is 20.4. The summed E-state index contributed by atoms with van der Waals surface area (Å²) >= 11 is 0. The van der Waals surface area contributed by atoms with Gasteiger partial charge in [-0.25, -0.2) is 0 Å². The van der Waals surface area contributed by atoms with Crippen molar-refractivity contribution in [3.8, 4) is 0 Å². The minimum Gasteiger partial charge on any atom is -1.00 e. The van der Waals surface area contributed by atoms with E-state index >= 15 is 0 Å². The Morgan fingerprint density at radius 2 is 1.25 bits per heavy atom. The van der Waals surface area contributed by atoms with Gasteiger partial charge in [0, 0.05) is 0 Å². The molecule has 0 amide bonds. The summed E-state index contributed by atoms with van der Waals surface area (Å²) in [6, 6.07) is 0. The molecule has 0 saturated carbocycles. The minimum absolute atomic E-state index is 0. The van der Waals surface area contributed by atoms with Crippen LogP contribution >= 0.6 is 15.2 Å². The van der Waals surface area contributed by atoms with Crippen molar-refractivity contribution in [2.75, 3.05) is 0 Å². The van der Waals surface area contributed by atoms with E-state index in [9.17, 15) is 9.13 Å². The van der Waals surface area contributed by atoms with Crippen LogP contribution in [0.5, 0.6) is 0 Å². The number of hydrogen-bond acceptors (Lipinski definition) is 2. The van der Waals surface area contributed by atoms with Crippen molar-refractivity contribution in [1.29, 1.82) is 0 Å². The van der Waals surface area contributed by atoms with Crippen LogP contribution in [0, 0.1) is 0 Å². The van der Waals surface area contributed by atoms with Gasteiger partial charge in [0.25, 0.3) is 0 Å². The molecule has 10 heteroatoms. The molecule has 66 valence electrons. The zero-order valence-electron chi connectivity index (χ0n) is 9.08. The SMILES string of the molecule is CC(P(=O)(O)O)P(=O)(O)O.[H-].[H-].[K+].[Na+]. The third-order valence-corrected chi connectivity index (χ3v) is 4.73. The fourth-order valence-corrected chi connectivity index (χ4v) is 1.76. The molecule has 0 aromatic rings. The molecule has 0 unspecified atom stereocenters. The first kappa shape index (κ1) is 20.4. The standard InChI is InChI=1S/C2H8O6P2.K.Na.2H/c1-2(9(3,4)5)10(6,7)8;;;;/h2H,1H3,(H2,3,4,5)(H2,6,7,8);;;;/q;2*+1;2*-1. The first-order chi connectivity index (χ1) is 4.15. The van der Waals surface area contributed by atoms with Crippen molar-refractivity contribution >= 4 is 15.2 Å². The number of hydrogen-bond donors (Lipinski definition) is 4. The first-order valence-corrected chi connectivity index (χ1v) is 5.62. The Labute approximate surface area is 138 Å². The van der Waals surface area contributed by atoms with E-state index in [0.717, 1.165) is 6.92 Å². The summed E-state index contributed by atoms with van der Waals surface area (Å²) in [7, 11) is -9.28. The monoisotopic (exact) mass is 254 g/mol. The maximum absolute atomic E-state index is 10.2. The molecule has 6 nitrogen and oxygen atoms in total. The molecule has 0 rings (SSSR count). The molecule has 0 fully saturated rings. The Hall–Kier alpha value is 2.94. The Morgan fingerprint density at radius 1 is 1.08 bits per heavy atom. The fraction of sp³-hybridized carbons (Fsp3) is 1.00. The topological polar surface area (TPSA) is 115 Å². The van der Waals surface area contributed by atoms with E-state index in [4.69, 9.17) is 19.6 Å². The maximum Gasteiger partial charge on any atom is 1.00 e. The van der Waals surface area contributed by atoms with Crippen LogP contribution in [-0.4, -0.2) is 25.0 Å². The van der Waals surface area contributed by atoms with Gasteiger partial charge in [-0.1, -0.05) is 0 Å². The Kier molecular flexibility index (Phi) is 12.3. The van der Waals surface area contributed by atoms with Crippen molar-refractivity contribution in [3.05, 3.63) is 0 Å². The second-order valence-corrected chi connectivity index (χ2v) is 6.12. The third-order valence-electron chi connectivity index (χ3n) is 0.974. The van der Waals surface area contributed by atoms with Crippen LogP contribution < -0.4 is 80.9 Å². The summed E-state index contributed by atoms with van der Waals surface area (Å²) in [5, 5.41) is -1.90. The van der Waals surface area contributed by atoms with Gasteiger partial charge in [0.2, 0.25) is 0 Å². The molecule has 0 aromatic carbocycles. The summed E-state index contributed by atoms with van der Waals surface area (Å²) in [4.78, 5) is 33.0. The maximum atomic E-state index is 10.2. The smallest absolute Gasteiger partial charge is 1.00 e. The van der Waals surface area contributed by atoms with E-state index in [1.165, 1.54) is 0 Å². The largest absolute Gasteiger partial charge is 1.00 e. The first-order valence-electron chi connectivity index (χ1n) is 2.26. The minimum atomic E-state index is -4.64. The molecule has 0 aliphatic heterocycles. The van der Waals surface area contributed by atoms with E-state index in [1.54, 1.807) is 0 Å². The van der Waals surface area contributed by atoms with Gasteiger partial charge in [-0.15, -0.1) is 0 Å². The molecule has 0 heterocycles. The Balaban J connectivity index is -0.0000000675. The second-order valence-electron chi connectivity index (χ2n) is 1.81. The molecule has 0 aliphatic rings. The molecular weight excluding hydrogens is 244 g/mol. The van der Waals surface area contributed by atoms with Crippen molar-refractivity contribution in [2.24, 2.45) is 0 Å². The number of rotatable bonds is 2. The summed E-state index contributed by atoms with van der Waals surface area (Å²) in [6.45, 7) is 0.807. The van der Waals surface area contributed by atoms with E-state index in [1.807, 2.05) is 0 Å². The molecule has 0 aliphatic carbocycles. The predicted molar refractivity (Wildman–Crippen MR) is 35.8 cm³/mol. The third kappa shape index (κ3) is 8.26. The average molecular weight is 254 g/mol. The quantitative estimate of drug-likeness (QED) is 0.288. The molecule has 0 spiro atoms. The molecule has 0 saturated heterocycles. The van der Waals surface area contributed by atoms with Gasteiger partial charge in [0.15, 0.2) is 5.40 Å². The van der Waals surface area contributed by atoms with Gasteiger partial charge >= 0.3 is 96.1 Å². The van der Waals surface area contributed by atoms with Gasteiger partial charge in [-0.3, -0.25) is 9.13 Å². The van der Waals surface area contributed by atoms with Crippen molar-refractivity contribution < 1.29 is 112 Å². The van der Waals surface area contributed by atoms with Crippen LogP contribution in [0.4, 0.5) is 0 Å².